The number of carbonyl (C=O) groups excluding carboxylic acids is 2. The molecule has 4 nitrogen and oxygen atoms in total. The van der Waals surface area contributed by atoms with Crippen molar-refractivity contribution in [2.75, 3.05) is 9.80 Å². The number of carbonyl (C=O) groups is 2. The van der Waals surface area contributed by atoms with E-state index in [0.29, 0.717) is 24.2 Å². The predicted molar refractivity (Wildman–Crippen MR) is 154 cm³/mol. The first kappa shape index (κ1) is 23.9. The summed E-state index contributed by atoms with van der Waals surface area (Å²) in [6.07, 6.45) is 0. The van der Waals surface area contributed by atoms with Gasteiger partial charge in [-0.05, 0) is 51.0 Å². The Hall–Kier alpha value is -4.44. The van der Waals surface area contributed by atoms with E-state index in [1.54, 1.807) is 0 Å². The molecule has 0 bridgehead atoms. The number of fused-ring (bicyclic) bond motifs is 2. The zero-order valence-corrected chi connectivity index (χ0v) is 22.2. The highest BCUT2D eigenvalue weighted by atomic mass is 16.2. The molecule has 0 spiro atoms. The van der Waals surface area contributed by atoms with Gasteiger partial charge in [0.25, 0.3) is 11.8 Å². The molecule has 4 aromatic carbocycles. The van der Waals surface area contributed by atoms with Gasteiger partial charge in [0.1, 0.15) is 0 Å². The summed E-state index contributed by atoms with van der Waals surface area (Å²) >= 11 is 0. The van der Waals surface area contributed by atoms with Gasteiger partial charge >= 0.3 is 0 Å². The summed E-state index contributed by atoms with van der Waals surface area (Å²) in [6, 6.07) is 28.4. The molecule has 2 amide bonds. The molecule has 0 fully saturated rings. The van der Waals surface area contributed by atoms with Gasteiger partial charge in [-0.15, -0.1) is 0 Å². The highest BCUT2D eigenvalue weighted by Gasteiger charge is 2.41. The maximum Gasteiger partial charge on any atom is 0.260 e. The fourth-order valence-electron chi connectivity index (χ4n) is 6.04. The third-order valence-electron chi connectivity index (χ3n) is 7.34. The second-order valence-electron chi connectivity index (χ2n) is 10.6. The number of rotatable bonds is 4. The molecule has 0 atom stereocenters. The molecule has 188 valence electrons. The van der Waals surface area contributed by atoms with Crippen molar-refractivity contribution < 1.29 is 9.59 Å². The summed E-state index contributed by atoms with van der Waals surface area (Å²) in [5, 5.41) is 0. The third-order valence-corrected chi connectivity index (χ3v) is 7.34. The standard InChI is InChI=1S/C34H30N2O2/c1-21-13-22(2)16-25(15-21)19-35-29-11-7-5-9-27(29)31(33(35)37)32-28-10-6-8-12-30(28)36(34(32)38)20-26-17-23(3)14-24(4)18-26/h5-18H,19-20H2,1-4H3/b32-31-. The van der Waals surface area contributed by atoms with Crippen LogP contribution in [-0.2, 0) is 22.7 Å². The summed E-state index contributed by atoms with van der Waals surface area (Å²) in [6.45, 7) is 9.20. The predicted octanol–water partition coefficient (Wildman–Crippen LogP) is 6.92. The van der Waals surface area contributed by atoms with Crippen LogP contribution in [-0.4, -0.2) is 11.8 Å². The first-order chi connectivity index (χ1) is 18.3. The first-order valence-corrected chi connectivity index (χ1v) is 13.0. The van der Waals surface area contributed by atoms with Crippen LogP contribution in [0, 0.1) is 27.7 Å². The lowest BCUT2D eigenvalue weighted by Gasteiger charge is -2.18. The molecule has 0 aliphatic carbocycles. The fourth-order valence-corrected chi connectivity index (χ4v) is 6.04. The van der Waals surface area contributed by atoms with Crippen LogP contribution in [0.1, 0.15) is 44.5 Å². The Morgan fingerprint density at radius 3 is 1.21 bits per heavy atom. The SMILES string of the molecule is Cc1cc(C)cc(CN2C(=O)/C(=C3\C(=O)N(Cc4cc(C)cc(C)c4)c4ccccc43)c3ccccc32)c1. The van der Waals surface area contributed by atoms with Crippen molar-refractivity contribution in [2.45, 2.75) is 40.8 Å². The van der Waals surface area contributed by atoms with Crippen molar-refractivity contribution in [3.8, 4) is 0 Å². The molecular formula is C34H30N2O2. The highest BCUT2D eigenvalue weighted by molar-refractivity contribution is 6.49. The Labute approximate surface area is 223 Å². The minimum Gasteiger partial charge on any atom is -0.303 e. The Bertz CT molecular complexity index is 1500. The molecule has 4 heteroatoms. The molecule has 2 heterocycles. The molecule has 4 aromatic rings. The lowest BCUT2D eigenvalue weighted by Crippen LogP contribution is -2.28. The van der Waals surface area contributed by atoms with Gasteiger partial charge in [-0.1, -0.05) is 95.1 Å². The van der Waals surface area contributed by atoms with Crippen LogP contribution in [0.15, 0.2) is 84.9 Å². The fraction of sp³-hybridized carbons (Fsp3) is 0.176. The molecule has 0 saturated heterocycles. The lowest BCUT2D eigenvalue weighted by molar-refractivity contribution is -0.114. The van der Waals surface area contributed by atoms with Gasteiger partial charge in [0.05, 0.1) is 35.6 Å². The molecule has 0 unspecified atom stereocenters. The summed E-state index contributed by atoms with van der Waals surface area (Å²) < 4.78 is 0. The Balaban J connectivity index is 1.47. The van der Waals surface area contributed by atoms with E-state index in [4.69, 9.17) is 0 Å². The number of hydrogen-bond donors (Lipinski definition) is 0. The van der Waals surface area contributed by atoms with E-state index in [2.05, 4.69) is 64.1 Å². The minimum absolute atomic E-state index is 0.128. The number of benzene rings is 4. The van der Waals surface area contributed by atoms with Crippen LogP contribution in [0.5, 0.6) is 0 Å². The van der Waals surface area contributed by atoms with Crippen LogP contribution in [0.2, 0.25) is 0 Å². The molecule has 0 aromatic heterocycles. The molecule has 0 saturated carbocycles. The largest absolute Gasteiger partial charge is 0.303 e. The van der Waals surface area contributed by atoms with Crippen molar-refractivity contribution in [1.82, 2.24) is 0 Å². The van der Waals surface area contributed by atoms with Gasteiger partial charge in [0, 0.05) is 11.1 Å². The van der Waals surface area contributed by atoms with E-state index in [0.717, 1.165) is 33.6 Å². The van der Waals surface area contributed by atoms with Gasteiger partial charge in [-0.25, -0.2) is 0 Å². The van der Waals surface area contributed by atoms with Gasteiger partial charge in [0.2, 0.25) is 0 Å². The molecule has 2 aliphatic rings. The van der Waals surface area contributed by atoms with Crippen LogP contribution >= 0.6 is 0 Å². The Kier molecular flexibility index (Phi) is 5.76. The number of hydrogen-bond acceptors (Lipinski definition) is 2. The van der Waals surface area contributed by atoms with Crippen LogP contribution in [0.25, 0.3) is 11.1 Å². The summed E-state index contributed by atoms with van der Waals surface area (Å²) in [7, 11) is 0. The molecule has 0 radical (unpaired) electrons. The molecule has 2 aliphatic heterocycles. The quantitative estimate of drug-likeness (QED) is 0.287. The van der Waals surface area contributed by atoms with Crippen molar-refractivity contribution >= 4 is 34.3 Å². The maximum absolute atomic E-state index is 14.1. The van der Waals surface area contributed by atoms with Crippen molar-refractivity contribution in [3.63, 3.8) is 0 Å². The van der Waals surface area contributed by atoms with Crippen LogP contribution in [0.4, 0.5) is 11.4 Å². The normalized spacial score (nSPS) is 16.3. The van der Waals surface area contributed by atoms with Crippen molar-refractivity contribution in [1.29, 1.82) is 0 Å². The number of anilines is 2. The first-order valence-electron chi connectivity index (χ1n) is 13.0. The lowest BCUT2D eigenvalue weighted by atomic mass is 9.96. The molecule has 38 heavy (non-hydrogen) atoms. The number of para-hydroxylation sites is 2. The Morgan fingerprint density at radius 2 is 0.842 bits per heavy atom. The third kappa shape index (κ3) is 4.03. The monoisotopic (exact) mass is 498 g/mol. The summed E-state index contributed by atoms with van der Waals surface area (Å²) in [5.41, 5.74) is 11.1. The maximum atomic E-state index is 14.1. The van der Waals surface area contributed by atoms with Crippen LogP contribution < -0.4 is 9.80 Å². The molecule has 0 N–H and O–H groups in total. The summed E-state index contributed by atoms with van der Waals surface area (Å²) in [4.78, 5) is 31.9. The van der Waals surface area contributed by atoms with E-state index in [1.807, 2.05) is 58.3 Å². The van der Waals surface area contributed by atoms with Crippen LogP contribution in [0.3, 0.4) is 0 Å². The van der Waals surface area contributed by atoms with E-state index in [1.165, 1.54) is 22.3 Å². The zero-order chi connectivity index (χ0) is 26.6. The van der Waals surface area contributed by atoms with Gasteiger partial charge in [-0.3, -0.25) is 9.59 Å². The van der Waals surface area contributed by atoms with E-state index in [9.17, 15) is 9.59 Å². The highest BCUT2D eigenvalue weighted by Crippen LogP contribution is 2.47. The van der Waals surface area contributed by atoms with E-state index < -0.39 is 0 Å². The second kappa shape index (κ2) is 9.14. The molecule has 6 rings (SSSR count). The average Bonchev–Trinajstić information content (AvgIpc) is 3.28. The number of aryl methyl sites for hydroxylation is 4. The number of amides is 2. The van der Waals surface area contributed by atoms with Crippen molar-refractivity contribution in [2.24, 2.45) is 0 Å². The van der Waals surface area contributed by atoms with Crippen molar-refractivity contribution in [3.05, 3.63) is 129 Å². The van der Waals surface area contributed by atoms with Gasteiger partial charge < -0.3 is 9.80 Å². The zero-order valence-electron chi connectivity index (χ0n) is 22.2. The second-order valence-corrected chi connectivity index (χ2v) is 10.6. The van der Waals surface area contributed by atoms with E-state index >= 15 is 0 Å². The minimum atomic E-state index is -0.128. The molecular weight excluding hydrogens is 468 g/mol. The average molecular weight is 499 g/mol. The Morgan fingerprint density at radius 1 is 0.500 bits per heavy atom. The number of nitrogens with zero attached hydrogens (tertiary/aromatic N) is 2. The smallest absolute Gasteiger partial charge is 0.260 e. The van der Waals surface area contributed by atoms with E-state index in [-0.39, 0.29) is 11.8 Å². The topological polar surface area (TPSA) is 40.6 Å². The summed E-state index contributed by atoms with van der Waals surface area (Å²) in [5.74, 6) is -0.256. The van der Waals surface area contributed by atoms with Gasteiger partial charge in [-0.2, -0.15) is 0 Å². The van der Waals surface area contributed by atoms with Gasteiger partial charge in [0.15, 0.2) is 0 Å².